The zero-order chi connectivity index (χ0) is 15.0. The van der Waals surface area contributed by atoms with Gasteiger partial charge in [0.1, 0.15) is 5.75 Å². The number of hydrogen-bond donors (Lipinski definition) is 0. The van der Waals surface area contributed by atoms with Crippen LogP contribution in [0.5, 0.6) is 5.75 Å². The Bertz CT molecular complexity index is 733. The van der Waals surface area contributed by atoms with Crippen LogP contribution in [-0.2, 0) is 0 Å². The molecule has 0 aliphatic heterocycles. The fraction of sp³-hybridized carbons (Fsp3) is 0.0588. The molecular weight excluding hydrogens is 268 g/mol. The minimum Gasteiger partial charge on any atom is -0.871 e. The molecule has 3 rings (SSSR count). The molecule has 21 heavy (non-hydrogen) atoms. The molecule has 2 aromatic carbocycles. The SMILES string of the molecule is COc1ccc(C([O-])=C2C(=O)c3ccccc3C2=O)cc1. The van der Waals surface area contributed by atoms with Crippen molar-refractivity contribution in [1.29, 1.82) is 0 Å². The van der Waals surface area contributed by atoms with Crippen molar-refractivity contribution in [2.45, 2.75) is 0 Å². The zero-order valence-electron chi connectivity index (χ0n) is 11.3. The fourth-order valence-corrected chi connectivity index (χ4v) is 2.34. The lowest BCUT2D eigenvalue weighted by Crippen LogP contribution is -2.13. The Hall–Kier alpha value is -2.88. The van der Waals surface area contributed by atoms with Gasteiger partial charge in [-0.15, -0.1) is 0 Å². The minimum absolute atomic E-state index is 0.290. The average Bonchev–Trinajstić information content (AvgIpc) is 2.79. The Balaban J connectivity index is 2.10. The predicted molar refractivity (Wildman–Crippen MR) is 75.0 cm³/mol. The molecular formula is C17H11O4-. The van der Waals surface area contributed by atoms with Gasteiger partial charge in [-0.3, -0.25) is 9.59 Å². The molecule has 104 valence electrons. The molecule has 1 aliphatic carbocycles. The summed E-state index contributed by atoms with van der Waals surface area (Å²) in [5.74, 6) is -0.958. The van der Waals surface area contributed by atoms with Crippen molar-refractivity contribution in [3.05, 3.63) is 70.8 Å². The molecule has 0 radical (unpaired) electrons. The van der Waals surface area contributed by atoms with Crippen molar-refractivity contribution in [3.8, 4) is 5.75 Å². The lowest BCUT2D eigenvalue weighted by Gasteiger charge is -2.15. The van der Waals surface area contributed by atoms with E-state index in [2.05, 4.69) is 0 Å². The van der Waals surface area contributed by atoms with Gasteiger partial charge < -0.3 is 9.84 Å². The van der Waals surface area contributed by atoms with Gasteiger partial charge in [-0.2, -0.15) is 0 Å². The van der Waals surface area contributed by atoms with Gasteiger partial charge in [0.05, 0.1) is 12.7 Å². The summed E-state index contributed by atoms with van der Waals surface area (Å²) in [4.78, 5) is 24.5. The van der Waals surface area contributed by atoms with E-state index in [0.29, 0.717) is 22.4 Å². The molecule has 0 N–H and O–H groups in total. The molecule has 0 saturated carbocycles. The smallest absolute Gasteiger partial charge is 0.197 e. The van der Waals surface area contributed by atoms with Gasteiger partial charge in [0.15, 0.2) is 11.6 Å². The van der Waals surface area contributed by atoms with Crippen LogP contribution in [0.4, 0.5) is 0 Å². The van der Waals surface area contributed by atoms with Gasteiger partial charge in [-0.25, -0.2) is 0 Å². The summed E-state index contributed by atoms with van der Waals surface area (Å²) in [6.45, 7) is 0. The molecule has 0 bridgehead atoms. The number of hydrogen-bond acceptors (Lipinski definition) is 4. The minimum atomic E-state index is -0.552. The van der Waals surface area contributed by atoms with Crippen molar-refractivity contribution in [1.82, 2.24) is 0 Å². The van der Waals surface area contributed by atoms with E-state index in [1.54, 1.807) is 36.4 Å². The highest BCUT2D eigenvalue weighted by Crippen LogP contribution is 2.30. The molecule has 0 heterocycles. The van der Waals surface area contributed by atoms with E-state index >= 15 is 0 Å². The van der Waals surface area contributed by atoms with Gasteiger partial charge in [-0.05, 0) is 17.7 Å². The number of methoxy groups -OCH3 is 1. The van der Waals surface area contributed by atoms with Gasteiger partial charge in [-0.1, -0.05) is 42.2 Å². The lowest BCUT2D eigenvalue weighted by molar-refractivity contribution is -0.244. The summed E-state index contributed by atoms with van der Waals surface area (Å²) in [6.07, 6.45) is 0. The highest BCUT2D eigenvalue weighted by atomic mass is 16.5. The van der Waals surface area contributed by atoms with E-state index in [-0.39, 0.29) is 5.57 Å². The molecule has 0 unspecified atom stereocenters. The normalized spacial score (nSPS) is 13.3. The van der Waals surface area contributed by atoms with Crippen molar-refractivity contribution >= 4 is 17.3 Å². The van der Waals surface area contributed by atoms with Gasteiger partial charge in [0, 0.05) is 11.1 Å². The van der Waals surface area contributed by atoms with Crippen molar-refractivity contribution < 1.29 is 19.4 Å². The highest BCUT2D eigenvalue weighted by Gasteiger charge is 2.33. The summed E-state index contributed by atoms with van der Waals surface area (Å²) >= 11 is 0. The highest BCUT2D eigenvalue weighted by molar-refractivity contribution is 6.41. The van der Waals surface area contributed by atoms with Crippen LogP contribution in [0.3, 0.4) is 0 Å². The van der Waals surface area contributed by atoms with E-state index < -0.39 is 17.3 Å². The first-order chi connectivity index (χ1) is 10.1. The molecule has 0 aromatic heterocycles. The summed E-state index contributed by atoms with van der Waals surface area (Å²) in [6, 6.07) is 12.8. The standard InChI is InChI=1S/C17H12O4/c1-21-11-8-6-10(7-9-11)15(18)14-16(19)12-4-2-3-5-13(12)17(14)20/h2-9,18H,1H3/p-1. The number of carbonyl (C=O) groups excluding carboxylic acids is 2. The number of Topliss-reactive ketones (excluding diaryl/α,β-unsaturated/α-hetero) is 2. The summed E-state index contributed by atoms with van der Waals surface area (Å²) in [7, 11) is 1.52. The maximum atomic E-state index is 12.4. The van der Waals surface area contributed by atoms with E-state index in [0.717, 1.165) is 0 Å². The Kier molecular flexibility index (Phi) is 3.06. The van der Waals surface area contributed by atoms with Crippen molar-refractivity contribution in [3.63, 3.8) is 0 Å². The summed E-state index contributed by atoms with van der Waals surface area (Å²) in [5.41, 5.74) is 0.584. The van der Waals surface area contributed by atoms with Crippen molar-refractivity contribution in [2.75, 3.05) is 7.11 Å². The van der Waals surface area contributed by atoms with E-state index in [4.69, 9.17) is 4.74 Å². The number of fused-ring (bicyclic) bond motifs is 1. The molecule has 0 saturated heterocycles. The number of carbonyl (C=O) groups is 2. The first kappa shape index (κ1) is 13.1. The molecule has 4 heteroatoms. The van der Waals surface area contributed by atoms with Crippen LogP contribution in [0, 0.1) is 0 Å². The topological polar surface area (TPSA) is 66.4 Å². The molecule has 0 atom stereocenters. The van der Waals surface area contributed by atoms with Crippen LogP contribution in [0.1, 0.15) is 26.3 Å². The first-order valence-corrected chi connectivity index (χ1v) is 6.37. The Labute approximate surface area is 121 Å². The number of rotatable bonds is 2. The maximum absolute atomic E-state index is 12.4. The third kappa shape index (κ3) is 2.01. The largest absolute Gasteiger partial charge is 0.871 e. The number of benzene rings is 2. The third-order valence-electron chi connectivity index (χ3n) is 3.45. The molecule has 0 fully saturated rings. The van der Waals surface area contributed by atoms with E-state index in [1.165, 1.54) is 19.2 Å². The predicted octanol–water partition coefficient (Wildman–Crippen LogP) is 1.85. The van der Waals surface area contributed by atoms with Crippen LogP contribution < -0.4 is 9.84 Å². The van der Waals surface area contributed by atoms with Gasteiger partial charge >= 0.3 is 0 Å². The Morgan fingerprint density at radius 3 is 1.90 bits per heavy atom. The molecule has 4 nitrogen and oxygen atoms in total. The van der Waals surface area contributed by atoms with Crippen LogP contribution in [0.2, 0.25) is 0 Å². The van der Waals surface area contributed by atoms with Gasteiger partial charge in [0.25, 0.3) is 0 Å². The Morgan fingerprint density at radius 1 is 0.905 bits per heavy atom. The zero-order valence-corrected chi connectivity index (χ0v) is 11.3. The van der Waals surface area contributed by atoms with E-state index in [9.17, 15) is 14.7 Å². The third-order valence-corrected chi connectivity index (χ3v) is 3.45. The summed E-state index contributed by atoms with van der Waals surface area (Å²) in [5, 5.41) is 12.4. The molecule has 0 spiro atoms. The molecule has 0 amide bonds. The lowest BCUT2D eigenvalue weighted by atomic mass is 10.0. The number of ether oxygens (including phenoxy) is 1. The number of allylic oxidation sites excluding steroid dienone is 1. The van der Waals surface area contributed by atoms with Crippen LogP contribution >= 0.6 is 0 Å². The van der Waals surface area contributed by atoms with E-state index in [1.807, 2.05) is 0 Å². The fourth-order valence-electron chi connectivity index (χ4n) is 2.34. The van der Waals surface area contributed by atoms with Gasteiger partial charge in [0.2, 0.25) is 0 Å². The quantitative estimate of drug-likeness (QED) is 0.478. The Morgan fingerprint density at radius 2 is 1.43 bits per heavy atom. The van der Waals surface area contributed by atoms with Crippen LogP contribution in [0.25, 0.3) is 5.76 Å². The summed E-state index contributed by atoms with van der Waals surface area (Å²) < 4.78 is 5.02. The number of ketones is 2. The second kappa shape index (κ2) is 4.90. The monoisotopic (exact) mass is 279 g/mol. The van der Waals surface area contributed by atoms with Crippen molar-refractivity contribution in [2.24, 2.45) is 0 Å². The average molecular weight is 279 g/mol. The first-order valence-electron chi connectivity index (χ1n) is 6.37. The molecule has 1 aliphatic rings. The second-order valence-corrected chi connectivity index (χ2v) is 4.64. The van der Waals surface area contributed by atoms with Crippen LogP contribution in [-0.4, -0.2) is 18.7 Å². The van der Waals surface area contributed by atoms with Crippen LogP contribution in [0.15, 0.2) is 54.1 Å². The second-order valence-electron chi connectivity index (χ2n) is 4.64. The molecule has 2 aromatic rings. The maximum Gasteiger partial charge on any atom is 0.197 e.